The standard InChI is InChI=1S/C52H63N9O10/c1-32(2)41(28-39(62)22-25-68-3)48(64)56-42(9-7-23-55-49(54)65)43(63)27-33-10-12-35(13-11-33)31-70-52(67)60(38-17-18-38)29-34-14-19-40(20-15-34)71-44-21-16-36-26-37(44)8-5-4-6-24-69-50-58-46(53)45-47(59-50)61(30-36)51(66)57-45/h4-5,10-16,19-21,26,32,38,41-42H,6-9,17-18,22-25,27-31H2,1-3H3,(H,56,64)(H,57,66)(H2,53,58,59)(H3,54,55,65)/b5-4+/t41-,42-/m0/s1. The highest BCUT2D eigenvalue weighted by Crippen LogP contribution is 2.32. The van der Waals surface area contributed by atoms with Crippen molar-refractivity contribution in [3.05, 3.63) is 117 Å². The zero-order chi connectivity index (χ0) is 50.4. The summed E-state index contributed by atoms with van der Waals surface area (Å²) in [5.41, 5.74) is 15.8. The first-order valence-electron chi connectivity index (χ1n) is 24.0. The van der Waals surface area contributed by atoms with Gasteiger partial charge in [-0.05, 0) is 96.5 Å². The second kappa shape index (κ2) is 24.3. The van der Waals surface area contributed by atoms with E-state index in [1.165, 1.54) is 11.7 Å². The quantitative estimate of drug-likeness (QED) is 0.0392. The smallest absolute Gasteiger partial charge is 0.410 e. The molecule has 3 heterocycles. The number of H-pyrrole nitrogens is 1. The highest BCUT2D eigenvalue weighted by molar-refractivity contribution is 5.93. The van der Waals surface area contributed by atoms with Crippen LogP contribution in [0.4, 0.5) is 15.4 Å². The van der Waals surface area contributed by atoms with Crippen LogP contribution < -0.4 is 37.3 Å². The van der Waals surface area contributed by atoms with E-state index in [0.29, 0.717) is 60.6 Å². The van der Waals surface area contributed by atoms with E-state index in [1.807, 2.05) is 68.5 Å². The molecule has 19 nitrogen and oxygen atoms in total. The summed E-state index contributed by atoms with van der Waals surface area (Å²) in [5.74, 6) is -0.0551. The van der Waals surface area contributed by atoms with Gasteiger partial charge in [-0.15, -0.1) is 0 Å². The van der Waals surface area contributed by atoms with Gasteiger partial charge < -0.3 is 50.9 Å². The molecule has 2 aliphatic rings. The number of hydrogen-bond donors (Lipinski definition) is 5. The van der Waals surface area contributed by atoms with Crippen molar-refractivity contribution in [1.29, 1.82) is 0 Å². The number of methoxy groups -OCH3 is 1. The van der Waals surface area contributed by atoms with Crippen LogP contribution in [-0.4, -0.2) is 93.0 Å². The number of anilines is 1. The number of urea groups is 1. The van der Waals surface area contributed by atoms with Crippen molar-refractivity contribution in [2.24, 2.45) is 17.6 Å². The molecular weight excluding hydrogens is 911 g/mol. The Bertz CT molecular complexity index is 2770. The van der Waals surface area contributed by atoms with Crippen molar-refractivity contribution in [2.75, 3.05) is 32.6 Å². The van der Waals surface area contributed by atoms with Crippen LogP contribution in [-0.2, 0) is 56.4 Å². The highest BCUT2D eigenvalue weighted by atomic mass is 16.6. The summed E-state index contributed by atoms with van der Waals surface area (Å²) < 4.78 is 24.5. The normalized spacial score (nSPS) is 14.7. The molecule has 0 saturated heterocycles. The minimum atomic E-state index is -0.854. The summed E-state index contributed by atoms with van der Waals surface area (Å²) >= 11 is 0. The average molecular weight is 974 g/mol. The summed E-state index contributed by atoms with van der Waals surface area (Å²) in [6.07, 6.45) is 7.49. The number of Topliss-reactive ketones (excluding diaryl/α,β-unsaturated/α-hetero) is 2. The van der Waals surface area contributed by atoms with Crippen molar-refractivity contribution in [3.8, 4) is 17.5 Å². The Kier molecular flexibility index (Phi) is 17.6. The fraction of sp³-hybridized carbons (Fsp3) is 0.423. The largest absolute Gasteiger partial charge is 0.463 e. The number of nitrogens with one attached hydrogen (secondary N) is 3. The molecule has 1 aliphatic heterocycles. The number of nitrogens with zero attached hydrogens (tertiary/aromatic N) is 4. The molecule has 376 valence electrons. The molecule has 2 atom stereocenters. The zero-order valence-corrected chi connectivity index (χ0v) is 40.4. The molecule has 71 heavy (non-hydrogen) atoms. The predicted molar refractivity (Wildman–Crippen MR) is 265 cm³/mol. The second-order valence-corrected chi connectivity index (χ2v) is 18.3. The number of aromatic nitrogens is 4. The van der Waals surface area contributed by atoms with Gasteiger partial charge in [-0.3, -0.25) is 19.0 Å². The number of imidazole rings is 1. The number of hydrogen-bond acceptors (Lipinski definition) is 13. The molecule has 1 fully saturated rings. The fourth-order valence-electron chi connectivity index (χ4n) is 8.29. The van der Waals surface area contributed by atoms with E-state index in [4.69, 9.17) is 30.4 Å². The van der Waals surface area contributed by atoms with E-state index in [0.717, 1.165) is 35.1 Å². The minimum absolute atomic E-state index is 0.0250. The van der Waals surface area contributed by atoms with Crippen LogP contribution in [0.3, 0.4) is 0 Å². The van der Waals surface area contributed by atoms with Crippen molar-refractivity contribution in [1.82, 2.24) is 35.1 Å². The van der Waals surface area contributed by atoms with Gasteiger partial charge in [-0.25, -0.2) is 14.4 Å². The first-order valence-corrected chi connectivity index (χ1v) is 24.0. The van der Waals surface area contributed by atoms with Crippen LogP contribution in [0.1, 0.15) is 86.6 Å². The molecule has 0 spiro atoms. The molecule has 19 heteroatoms. The van der Waals surface area contributed by atoms with Gasteiger partial charge in [0.05, 0.1) is 25.8 Å². The van der Waals surface area contributed by atoms with Crippen LogP contribution in [0.5, 0.6) is 17.5 Å². The molecule has 4 bridgehead atoms. The number of primary amides is 1. The van der Waals surface area contributed by atoms with Crippen LogP contribution >= 0.6 is 0 Å². The van der Waals surface area contributed by atoms with E-state index < -0.39 is 24.1 Å². The molecule has 4 amide bonds. The first kappa shape index (κ1) is 51.3. The molecule has 5 aromatic rings. The molecule has 0 radical (unpaired) electrons. The van der Waals surface area contributed by atoms with E-state index in [2.05, 4.69) is 25.6 Å². The zero-order valence-electron chi connectivity index (χ0n) is 40.4. The number of benzene rings is 3. The Balaban J connectivity index is 0.938. The van der Waals surface area contributed by atoms with Gasteiger partial charge >= 0.3 is 23.8 Å². The number of ether oxygens (including phenoxy) is 4. The fourth-order valence-corrected chi connectivity index (χ4v) is 8.29. The Morgan fingerprint density at radius 3 is 2.44 bits per heavy atom. The average Bonchev–Trinajstić information content (AvgIpc) is 4.14. The number of rotatable bonds is 22. The molecule has 3 aromatic carbocycles. The van der Waals surface area contributed by atoms with E-state index in [9.17, 15) is 28.8 Å². The van der Waals surface area contributed by atoms with Crippen molar-refractivity contribution < 1.29 is 42.9 Å². The lowest BCUT2D eigenvalue weighted by Gasteiger charge is -2.24. The third kappa shape index (κ3) is 14.5. The topological polar surface area (TPSA) is 265 Å². The number of amides is 4. The van der Waals surface area contributed by atoms with Crippen LogP contribution in [0.25, 0.3) is 11.2 Å². The second-order valence-electron chi connectivity index (χ2n) is 18.3. The molecular formula is C52H63N9O10. The van der Waals surface area contributed by atoms with E-state index >= 15 is 0 Å². The number of allylic oxidation sites excluding steroid dienone is 1. The van der Waals surface area contributed by atoms with E-state index in [-0.39, 0.29) is 98.9 Å². The third-order valence-electron chi connectivity index (χ3n) is 12.5. The van der Waals surface area contributed by atoms with Crippen molar-refractivity contribution in [2.45, 2.75) is 103 Å². The van der Waals surface area contributed by atoms with Gasteiger partial charge in [0.25, 0.3) is 0 Å². The van der Waals surface area contributed by atoms with Gasteiger partial charge in [-0.1, -0.05) is 68.5 Å². The maximum Gasteiger partial charge on any atom is 0.410 e. The van der Waals surface area contributed by atoms with Crippen LogP contribution in [0, 0.1) is 11.8 Å². The molecule has 2 aromatic heterocycles. The Labute approximate surface area is 411 Å². The SMILES string of the molecule is COCCC(=O)C[C@H](C(=O)N[C@@H](CCCNC(N)=O)C(=O)Cc1ccc(COC(=O)N(Cc2ccc(Oc3ccc4cc3C/C=C/CCOc3nc(N)c5[nH]c(=O)n(c5n3)C4)cc2)C2CC2)cc1)C(C)C. The summed E-state index contributed by atoms with van der Waals surface area (Å²) in [6.45, 7) is 5.16. The Morgan fingerprint density at radius 1 is 0.972 bits per heavy atom. The number of nitrogen functional groups attached to an aromatic ring is 1. The third-order valence-corrected chi connectivity index (χ3v) is 12.5. The maximum atomic E-state index is 13.7. The van der Waals surface area contributed by atoms with Crippen LogP contribution in [0.2, 0.25) is 0 Å². The van der Waals surface area contributed by atoms with Gasteiger partial charge in [-0.2, -0.15) is 9.97 Å². The molecule has 0 unspecified atom stereocenters. The first-order chi connectivity index (χ1) is 34.2. The minimum Gasteiger partial charge on any atom is -0.463 e. The summed E-state index contributed by atoms with van der Waals surface area (Å²) in [5, 5.41) is 5.40. The molecule has 1 saturated carbocycles. The van der Waals surface area contributed by atoms with Gasteiger partial charge in [0, 0.05) is 51.4 Å². The lowest BCUT2D eigenvalue weighted by atomic mass is 9.88. The lowest BCUT2D eigenvalue weighted by molar-refractivity contribution is -0.133. The lowest BCUT2D eigenvalue weighted by Crippen LogP contribution is -2.46. The summed E-state index contributed by atoms with van der Waals surface area (Å²) in [6, 6.07) is 19.2. The number of nitrogens with two attached hydrogens (primary N) is 2. The van der Waals surface area contributed by atoms with Gasteiger partial charge in [0.15, 0.2) is 17.2 Å². The number of ketones is 2. The maximum absolute atomic E-state index is 13.7. The van der Waals surface area contributed by atoms with Crippen LogP contribution in [0.15, 0.2) is 83.7 Å². The number of carbonyl (C=O) groups is 5. The van der Waals surface area contributed by atoms with E-state index in [1.54, 1.807) is 29.2 Å². The summed E-state index contributed by atoms with van der Waals surface area (Å²) in [4.78, 5) is 90.6. The van der Waals surface area contributed by atoms with Crippen molar-refractivity contribution >= 4 is 46.6 Å². The number of aromatic amines is 1. The Hall–Kier alpha value is -7.54. The molecule has 7 N–H and O–H groups in total. The monoisotopic (exact) mass is 973 g/mol. The predicted octanol–water partition coefficient (Wildman–Crippen LogP) is 6.04. The number of fused-ring (bicyclic) bond motifs is 3. The summed E-state index contributed by atoms with van der Waals surface area (Å²) in [7, 11) is 1.51. The highest BCUT2D eigenvalue weighted by Gasteiger charge is 2.34. The van der Waals surface area contributed by atoms with Gasteiger partial charge in [0.1, 0.15) is 29.4 Å². The Morgan fingerprint density at radius 2 is 1.72 bits per heavy atom. The molecule has 7 rings (SSSR count). The number of carbonyl (C=O) groups excluding carboxylic acids is 5. The van der Waals surface area contributed by atoms with Gasteiger partial charge in [0.2, 0.25) is 5.91 Å². The molecule has 1 aliphatic carbocycles. The van der Waals surface area contributed by atoms with Crippen molar-refractivity contribution in [3.63, 3.8) is 0 Å².